The Balaban J connectivity index is 2.79. The van der Waals surface area contributed by atoms with Crippen LogP contribution in [0.5, 0.6) is 0 Å². The summed E-state index contributed by atoms with van der Waals surface area (Å²) in [4.78, 5) is 0. The number of halogens is 3. The Labute approximate surface area is 110 Å². The molecule has 0 aliphatic carbocycles. The monoisotopic (exact) mass is 277 g/mol. The van der Waals surface area contributed by atoms with Crippen molar-refractivity contribution in [3.8, 4) is 0 Å². The summed E-state index contributed by atoms with van der Waals surface area (Å²) < 4.78 is 39.6. The normalized spacial score (nSPS) is 13.1. The summed E-state index contributed by atoms with van der Waals surface area (Å²) in [6, 6.07) is 1.94. The molecule has 5 heteroatoms. The van der Waals surface area contributed by atoms with Gasteiger partial charge in [-0.3, -0.25) is 0 Å². The molecule has 0 aromatic heterocycles. The number of rotatable bonds is 6. The number of hydrogen-bond acceptors (Lipinski definition) is 2. The van der Waals surface area contributed by atoms with Crippen LogP contribution in [0.2, 0.25) is 0 Å². The molecular weight excluding hydrogens is 259 g/mol. The van der Waals surface area contributed by atoms with Gasteiger partial charge >= 0.3 is 0 Å². The van der Waals surface area contributed by atoms with E-state index in [2.05, 4.69) is 19.2 Å². The van der Waals surface area contributed by atoms with E-state index in [1.54, 1.807) is 18.8 Å². The van der Waals surface area contributed by atoms with Crippen LogP contribution in [0, 0.1) is 23.4 Å². The molecule has 0 radical (unpaired) electrons. The minimum atomic E-state index is -1.40. The van der Waals surface area contributed by atoms with E-state index >= 15 is 0 Å². The van der Waals surface area contributed by atoms with Crippen LogP contribution in [0.4, 0.5) is 13.2 Å². The first-order chi connectivity index (χ1) is 8.47. The van der Waals surface area contributed by atoms with Crippen molar-refractivity contribution in [1.82, 2.24) is 5.32 Å². The lowest BCUT2D eigenvalue weighted by Gasteiger charge is -2.18. The second-order valence-electron chi connectivity index (χ2n) is 4.54. The predicted octanol–water partition coefficient (Wildman–Crippen LogP) is 3.75. The minimum Gasteiger partial charge on any atom is -0.312 e. The van der Waals surface area contributed by atoms with Crippen molar-refractivity contribution >= 4 is 11.8 Å². The van der Waals surface area contributed by atoms with Crippen LogP contribution < -0.4 is 5.32 Å². The van der Waals surface area contributed by atoms with Crippen LogP contribution in [0.3, 0.4) is 0 Å². The van der Waals surface area contributed by atoms with E-state index in [4.69, 9.17) is 0 Å². The van der Waals surface area contributed by atoms with Gasteiger partial charge in [0.15, 0.2) is 17.5 Å². The van der Waals surface area contributed by atoms with E-state index in [0.717, 1.165) is 11.8 Å². The molecule has 0 fully saturated rings. The molecule has 1 rings (SSSR count). The van der Waals surface area contributed by atoms with Crippen LogP contribution in [0.25, 0.3) is 0 Å². The third-order valence-corrected chi connectivity index (χ3v) is 4.00. The molecule has 0 aliphatic heterocycles. The molecule has 0 saturated carbocycles. The lowest BCUT2D eigenvalue weighted by Crippen LogP contribution is -2.21. The van der Waals surface area contributed by atoms with Crippen molar-refractivity contribution in [3.63, 3.8) is 0 Å². The molecular formula is C13H18F3NS. The molecule has 0 saturated heterocycles. The van der Waals surface area contributed by atoms with Gasteiger partial charge in [0, 0.05) is 17.4 Å². The van der Waals surface area contributed by atoms with E-state index in [1.807, 2.05) is 0 Å². The van der Waals surface area contributed by atoms with Crippen LogP contribution in [-0.4, -0.2) is 18.6 Å². The molecule has 1 unspecified atom stereocenters. The van der Waals surface area contributed by atoms with Crippen molar-refractivity contribution in [2.24, 2.45) is 5.92 Å². The van der Waals surface area contributed by atoms with Crippen LogP contribution in [0.15, 0.2) is 12.1 Å². The van der Waals surface area contributed by atoms with Gasteiger partial charge in [-0.15, -0.1) is 0 Å². The summed E-state index contributed by atoms with van der Waals surface area (Å²) in [5.41, 5.74) is 0.174. The molecule has 1 nitrogen and oxygen atoms in total. The maximum Gasteiger partial charge on any atom is 0.194 e. The predicted molar refractivity (Wildman–Crippen MR) is 70.3 cm³/mol. The highest BCUT2D eigenvalue weighted by molar-refractivity contribution is 7.99. The summed E-state index contributed by atoms with van der Waals surface area (Å²) in [5, 5.41) is 2.93. The molecule has 102 valence electrons. The summed E-state index contributed by atoms with van der Waals surface area (Å²) >= 11 is 1.66. The van der Waals surface area contributed by atoms with Crippen LogP contribution >= 0.6 is 11.8 Å². The van der Waals surface area contributed by atoms with E-state index in [0.29, 0.717) is 11.7 Å². The van der Waals surface area contributed by atoms with Gasteiger partial charge in [-0.25, -0.2) is 13.2 Å². The Hall–Kier alpha value is -0.680. The second-order valence-corrected chi connectivity index (χ2v) is 5.61. The zero-order valence-corrected chi connectivity index (χ0v) is 11.6. The van der Waals surface area contributed by atoms with Crippen molar-refractivity contribution in [1.29, 1.82) is 0 Å². The van der Waals surface area contributed by atoms with Gasteiger partial charge in [0.2, 0.25) is 0 Å². The molecule has 1 aromatic rings. The first-order valence-corrected chi connectivity index (χ1v) is 7.01. The van der Waals surface area contributed by atoms with E-state index in [1.165, 1.54) is 6.07 Å². The maximum atomic E-state index is 13.6. The number of hydrogen-bond donors (Lipinski definition) is 1. The smallest absolute Gasteiger partial charge is 0.194 e. The van der Waals surface area contributed by atoms with Gasteiger partial charge in [0.25, 0.3) is 0 Å². The Morgan fingerprint density at radius 3 is 2.33 bits per heavy atom. The number of nitrogens with one attached hydrogen (secondary N) is 1. The summed E-state index contributed by atoms with van der Waals surface area (Å²) in [7, 11) is 1.68. The van der Waals surface area contributed by atoms with E-state index < -0.39 is 17.5 Å². The van der Waals surface area contributed by atoms with Gasteiger partial charge < -0.3 is 5.32 Å². The minimum absolute atomic E-state index is 0.174. The summed E-state index contributed by atoms with van der Waals surface area (Å²) in [5.74, 6) is -1.54. The fourth-order valence-corrected chi connectivity index (χ4v) is 2.75. The Bertz CT molecular complexity index is 396. The fraction of sp³-hybridized carbons (Fsp3) is 0.538. The van der Waals surface area contributed by atoms with E-state index in [9.17, 15) is 13.2 Å². The standard InChI is InChI=1S/C13H18F3NS/c1-8(2)6-18-7-11(17-3)9-4-5-10(14)13(16)12(9)15/h4-5,8,11,17H,6-7H2,1-3H3. The van der Waals surface area contributed by atoms with Crippen molar-refractivity contribution in [2.45, 2.75) is 19.9 Å². The van der Waals surface area contributed by atoms with Crippen LogP contribution in [-0.2, 0) is 0 Å². The molecule has 1 aromatic carbocycles. The van der Waals surface area contributed by atoms with Gasteiger partial charge in [-0.1, -0.05) is 19.9 Å². The number of benzene rings is 1. The van der Waals surface area contributed by atoms with Crippen molar-refractivity contribution in [3.05, 3.63) is 35.1 Å². The lowest BCUT2D eigenvalue weighted by atomic mass is 10.1. The zero-order chi connectivity index (χ0) is 13.7. The average Bonchev–Trinajstić information content (AvgIpc) is 2.33. The molecule has 0 spiro atoms. The molecule has 0 aliphatic rings. The molecule has 1 atom stereocenters. The maximum absolute atomic E-state index is 13.6. The second kappa shape index (κ2) is 7.04. The lowest BCUT2D eigenvalue weighted by molar-refractivity contribution is 0.433. The first kappa shape index (κ1) is 15.4. The highest BCUT2D eigenvalue weighted by Crippen LogP contribution is 2.24. The summed E-state index contributed by atoms with van der Waals surface area (Å²) in [6.07, 6.45) is 0. The summed E-state index contributed by atoms with van der Waals surface area (Å²) in [6.45, 7) is 4.19. The van der Waals surface area contributed by atoms with Gasteiger partial charge in [-0.05, 0) is 24.8 Å². The topological polar surface area (TPSA) is 12.0 Å². The van der Waals surface area contributed by atoms with E-state index in [-0.39, 0.29) is 11.6 Å². The van der Waals surface area contributed by atoms with Gasteiger partial charge in [-0.2, -0.15) is 11.8 Å². The van der Waals surface area contributed by atoms with Crippen molar-refractivity contribution < 1.29 is 13.2 Å². The molecule has 0 amide bonds. The Morgan fingerprint density at radius 1 is 1.11 bits per heavy atom. The highest BCUT2D eigenvalue weighted by Gasteiger charge is 2.19. The highest BCUT2D eigenvalue weighted by atomic mass is 32.2. The first-order valence-electron chi connectivity index (χ1n) is 5.85. The molecule has 0 heterocycles. The quantitative estimate of drug-likeness (QED) is 0.795. The van der Waals surface area contributed by atoms with Gasteiger partial charge in [0.1, 0.15) is 0 Å². The molecule has 1 N–H and O–H groups in total. The SMILES string of the molecule is CNC(CSCC(C)C)c1ccc(F)c(F)c1F. The zero-order valence-electron chi connectivity index (χ0n) is 10.8. The Kier molecular flexibility index (Phi) is 6.02. The van der Waals surface area contributed by atoms with Crippen LogP contribution in [0.1, 0.15) is 25.5 Å². The fourth-order valence-electron chi connectivity index (χ4n) is 1.56. The Morgan fingerprint density at radius 2 is 1.78 bits per heavy atom. The van der Waals surface area contributed by atoms with Gasteiger partial charge in [0.05, 0.1) is 0 Å². The van der Waals surface area contributed by atoms with Crippen molar-refractivity contribution in [2.75, 3.05) is 18.6 Å². The average molecular weight is 277 g/mol. The largest absolute Gasteiger partial charge is 0.312 e. The third-order valence-electron chi connectivity index (χ3n) is 2.52. The molecule has 0 bridgehead atoms. The molecule has 18 heavy (non-hydrogen) atoms. The number of thioether (sulfide) groups is 1. The third kappa shape index (κ3) is 3.92.